The van der Waals surface area contributed by atoms with E-state index >= 15 is 0 Å². The van der Waals surface area contributed by atoms with Gasteiger partial charge in [-0.2, -0.15) is 0 Å². The first-order chi connectivity index (χ1) is 19.0. The van der Waals surface area contributed by atoms with E-state index in [1.807, 2.05) is 71.8 Å². The van der Waals surface area contributed by atoms with Crippen LogP contribution in [0, 0.1) is 0 Å². The number of morpholine rings is 1. The summed E-state index contributed by atoms with van der Waals surface area (Å²) in [5, 5.41) is 8.76. The Morgan fingerprint density at radius 3 is 2.62 bits per heavy atom. The first-order valence-electron chi connectivity index (χ1n) is 13.1. The fourth-order valence-electron chi connectivity index (χ4n) is 4.97. The number of anilines is 1. The van der Waals surface area contributed by atoms with Crippen molar-refractivity contribution < 1.29 is 19.1 Å². The number of ether oxygens (including phenoxy) is 2. The molecule has 2 amide bonds. The Balaban J connectivity index is 1.39. The Hall–Kier alpha value is -3.60. The number of aliphatic imine (C=N–C) groups is 1. The molecular weight excluding hydrogens is 514 g/mol. The van der Waals surface area contributed by atoms with Gasteiger partial charge in [-0.05, 0) is 30.5 Å². The number of amides is 2. The van der Waals surface area contributed by atoms with Crippen molar-refractivity contribution in [1.82, 2.24) is 15.1 Å². The number of hydrogen-bond donors (Lipinski definition) is 2. The largest absolute Gasteiger partial charge is 0.496 e. The van der Waals surface area contributed by atoms with Crippen LogP contribution in [-0.2, 0) is 14.3 Å². The van der Waals surface area contributed by atoms with E-state index in [4.69, 9.17) is 14.5 Å². The molecule has 1 saturated heterocycles. The zero-order valence-electron chi connectivity index (χ0n) is 22.2. The molecule has 0 aromatic heterocycles. The summed E-state index contributed by atoms with van der Waals surface area (Å²) in [6.07, 6.45) is 0.174. The van der Waals surface area contributed by atoms with E-state index in [9.17, 15) is 9.59 Å². The van der Waals surface area contributed by atoms with E-state index in [0.29, 0.717) is 29.3 Å². The van der Waals surface area contributed by atoms with Crippen molar-refractivity contribution in [2.24, 2.45) is 4.99 Å². The summed E-state index contributed by atoms with van der Waals surface area (Å²) in [6.45, 7) is 6.42. The van der Waals surface area contributed by atoms with Crippen LogP contribution in [0.4, 0.5) is 5.69 Å². The summed E-state index contributed by atoms with van der Waals surface area (Å²) in [7, 11) is 1.62. The van der Waals surface area contributed by atoms with Gasteiger partial charge in [0.25, 0.3) is 5.91 Å². The molecule has 1 fully saturated rings. The molecule has 0 bridgehead atoms. The average Bonchev–Trinajstić information content (AvgIpc) is 3.34. The molecule has 2 N–H and O–H groups in total. The average molecular weight is 548 g/mol. The minimum absolute atomic E-state index is 0.0725. The van der Waals surface area contributed by atoms with Gasteiger partial charge >= 0.3 is 0 Å². The highest BCUT2D eigenvalue weighted by atomic mass is 32.2. The molecule has 1 atom stereocenters. The predicted molar refractivity (Wildman–Crippen MR) is 153 cm³/mol. The minimum atomic E-state index is -0.514. The Morgan fingerprint density at radius 1 is 1.10 bits per heavy atom. The van der Waals surface area contributed by atoms with Crippen molar-refractivity contribution in [2.45, 2.75) is 19.4 Å². The van der Waals surface area contributed by atoms with Crippen molar-refractivity contribution in [3.8, 4) is 5.75 Å². The van der Waals surface area contributed by atoms with Crippen molar-refractivity contribution in [3.05, 3.63) is 82.5 Å². The lowest BCUT2D eigenvalue weighted by molar-refractivity contribution is -0.120. The summed E-state index contributed by atoms with van der Waals surface area (Å²) in [4.78, 5) is 35.8. The number of methoxy groups -OCH3 is 1. The second-order valence-electron chi connectivity index (χ2n) is 9.44. The maximum atomic E-state index is 13.7. The fraction of sp³-hybridized carbons (Fsp3) is 0.345. The fourth-order valence-corrected chi connectivity index (χ4v) is 5.94. The number of carbonyl (C=O) groups is 2. The number of allylic oxidation sites excluding steroid dienone is 1. The van der Waals surface area contributed by atoms with E-state index in [1.54, 1.807) is 7.11 Å². The normalized spacial score (nSPS) is 19.2. The molecule has 9 nitrogen and oxygen atoms in total. The molecule has 0 aliphatic carbocycles. The van der Waals surface area contributed by atoms with Gasteiger partial charge in [0.05, 0.1) is 44.1 Å². The number of benzene rings is 2. The number of hydrogen-bond acceptors (Lipinski definition) is 8. The topological polar surface area (TPSA) is 95.5 Å². The molecule has 0 radical (unpaired) electrons. The molecule has 0 spiro atoms. The maximum Gasteiger partial charge on any atom is 0.255 e. The van der Waals surface area contributed by atoms with Gasteiger partial charge in [-0.25, -0.2) is 4.99 Å². The number of para-hydroxylation sites is 2. The van der Waals surface area contributed by atoms with Gasteiger partial charge in [0.1, 0.15) is 5.75 Å². The van der Waals surface area contributed by atoms with Gasteiger partial charge in [-0.3, -0.25) is 14.5 Å². The van der Waals surface area contributed by atoms with Crippen LogP contribution in [0.5, 0.6) is 5.75 Å². The molecule has 5 rings (SSSR count). The SMILES string of the molecule is COc1ccccc1C1C(C(=O)Nc2ccccc2)=C(C)N=C2SC=C(CC(=O)NCCN3CCOCC3)N21. The lowest BCUT2D eigenvalue weighted by atomic mass is 9.92. The number of fused-ring (bicyclic) bond motifs is 1. The van der Waals surface area contributed by atoms with Crippen LogP contribution in [0.2, 0.25) is 0 Å². The van der Waals surface area contributed by atoms with Crippen molar-refractivity contribution >= 4 is 34.4 Å². The van der Waals surface area contributed by atoms with Crippen LogP contribution in [-0.4, -0.2) is 73.3 Å². The predicted octanol–water partition coefficient (Wildman–Crippen LogP) is 3.75. The highest BCUT2D eigenvalue weighted by Crippen LogP contribution is 2.46. The Labute approximate surface area is 232 Å². The van der Waals surface area contributed by atoms with Crippen LogP contribution < -0.4 is 15.4 Å². The Kier molecular flexibility index (Phi) is 8.65. The third-order valence-electron chi connectivity index (χ3n) is 6.91. The van der Waals surface area contributed by atoms with Gasteiger partial charge in [0.15, 0.2) is 5.17 Å². The second kappa shape index (κ2) is 12.5. The number of carbonyl (C=O) groups excluding carboxylic acids is 2. The molecule has 3 aliphatic rings. The second-order valence-corrected chi connectivity index (χ2v) is 10.3. The molecule has 3 heterocycles. The van der Waals surface area contributed by atoms with E-state index in [-0.39, 0.29) is 18.2 Å². The van der Waals surface area contributed by atoms with E-state index < -0.39 is 6.04 Å². The van der Waals surface area contributed by atoms with E-state index in [2.05, 4.69) is 15.5 Å². The molecule has 0 saturated carbocycles. The number of rotatable bonds is 9. The summed E-state index contributed by atoms with van der Waals surface area (Å²) in [5.74, 6) is 0.341. The van der Waals surface area contributed by atoms with Crippen LogP contribution >= 0.6 is 11.8 Å². The number of thioether (sulfide) groups is 1. The highest BCUT2D eigenvalue weighted by Gasteiger charge is 2.41. The lowest BCUT2D eigenvalue weighted by Gasteiger charge is -2.37. The number of nitrogens with zero attached hydrogens (tertiary/aromatic N) is 3. The van der Waals surface area contributed by atoms with E-state index in [1.165, 1.54) is 11.8 Å². The van der Waals surface area contributed by atoms with Gasteiger partial charge in [-0.1, -0.05) is 48.2 Å². The third kappa shape index (κ3) is 6.19. The molecule has 39 heavy (non-hydrogen) atoms. The smallest absolute Gasteiger partial charge is 0.255 e. The summed E-state index contributed by atoms with van der Waals surface area (Å²) in [5.41, 5.74) is 3.45. The van der Waals surface area contributed by atoms with Gasteiger partial charge in [-0.15, -0.1) is 0 Å². The van der Waals surface area contributed by atoms with Gasteiger partial charge in [0.2, 0.25) is 5.91 Å². The standard InChI is InChI=1S/C29H33N5O4S/c1-20-26(28(36)32-21-8-4-3-5-9-21)27(23-10-6-7-11-24(23)37-2)34-22(19-39-29(34)31-20)18-25(35)30-12-13-33-14-16-38-17-15-33/h3-11,19,27H,12-18H2,1-2H3,(H,30,35)(H,32,36). The lowest BCUT2D eigenvalue weighted by Crippen LogP contribution is -2.42. The summed E-state index contributed by atoms with van der Waals surface area (Å²) in [6, 6.07) is 16.5. The van der Waals surface area contributed by atoms with Crippen LogP contribution in [0.25, 0.3) is 0 Å². The van der Waals surface area contributed by atoms with Crippen LogP contribution in [0.3, 0.4) is 0 Å². The molecular formula is C29H33N5O4S. The van der Waals surface area contributed by atoms with Crippen LogP contribution in [0.15, 0.2) is 82.0 Å². The Bertz CT molecular complexity index is 1300. The van der Waals surface area contributed by atoms with Gasteiger partial charge < -0.3 is 25.0 Å². The van der Waals surface area contributed by atoms with Crippen LogP contribution in [0.1, 0.15) is 24.9 Å². The monoisotopic (exact) mass is 547 g/mol. The Morgan fingerprint density at radius 2 is 1.85 bits per heavy atom. The summed E-state index contributed by atoms with van der Waals surface area (Å²) < 4.78 is 11.1. The molecule has 2 aromatic carbocycles. The third-order valence-corrected chi connectivity index (χ3v) is 7.79. The molecule has 204 valence electrons. The molecule has 2 aromatic rings. The minimum Gasteiger partial charge on any atom is -0.496 e. The zero-order chi connectivity index (χ0) is 27.2. The molecule has 10 heteroatoms. The number of amidine groups is 1. The van der Waals surface area contributed by atoms with Gasteiger partial charge in [0, 0.05) is 43.1 Å². The van der Waals surface area contributed by atoms with Crippen molar-refractivity contribution in [2.75, 3.05) is 51.8 Å². The first-order valence-corrected chi connectivity index (χ1v) is 13.9. The maximum absolute atomic E-state index is 13.7. The zero-order valence-corrected chi connectivity index (χ0v) is 23.0. The first kappa shape index (κ1) is 27.0. The van der Waals surface area contributed by atoms with Crippen molar-refractivity contribution in [3.63, 3.8) is 0 Å². The highest BCUT2D eigenvalue weighted by molar-refractivity contribution is 8.16. The van der Waals surface area contributed by atoms with E-state index in [0.717, 1.165) is 49.3 Å². The van der Waals surface area contributed by atoms with Crippen molar-refractivity contribution in [1.29, 1.82) is 0 Å². The quantitative estimate of drug-likeness (QED) is 0.494. The number of nitrogens with one attached hydrogen (secondary N) is 2. The summed E-state index contributed by atoms with van der Waals surface area (Å²) >= 11 is 1.46. The molecule has 3 aliphatic heterocycles. The molecule has 1 unspecified atom stereocenters.